The Balaban J connectivity index is 1.64. The van der Waals surface area contributed by atoms with Crippen LogP contribution in [0.3, 0.4) is 0 Å². The number of aromatic nitrogens is 3. The molecule has 10 heteroatoms. The lowest BCUT2D eigenvalue weighted by atomic mass is 10.0. The average molecular weight is 519 g/mol. The van der Waals surface area contributed by atoms with E-state index in [0.717, 1.165) is 6.07 Å². The van der Waals surface area contributed by atoms with Crippen molar-refractivity contribution < 1.29 is 23.4 Å². The molecule has 0 atom stereocenters. The van der Waals surface area contributed by atoms with Gasteiger partial charge in [0.2, 0.25) is 5.43 Å². The van der Waals surface area contributed by atoms with Gasteiger partial charge in [0.1, 0.15) is 11.1 Å². The number of carbonyl (C=O) groups is 1. The molecule has 0 aliphatic heterocycles. The van der Waals surface area contributed by atoms with Crippen LogP contribution in [0.2, 0.25) is 0 Å². The van der Waals surface area contributed by atoms with Gasteiger partial charge in [-0.3, -0.25) is 14.6 Å². The number of benzene rings is 1. The van der Waals surface area contributed by atoms with E-state index in [4.69, 9.17) is 14.2 Å². The Morgan fingerprint density at radius 1 is 1.03 bits per heavy atom. The number of hydrogen-bond donors (Lipinski definition) is 1. The van der Waals surface area contributed by atoms with E-state index in [1.165, 1.54) is 32.5 Å². The fourth-order valence-corrected chi connectivity index (χ4v) is 4.17. The van der Waals surface area contributed by atoms with Crippen LogP contribution in [0.4, 0.5) is 10.1 Å². The molecule has 0 saturated heterocycles. The van der Waals surface area contributed by atoms with E-state index >= 15 is 4.39 Å². The topological polar surface area (TPSA) is 105 Å². The molecule has 3 aromatic heterocycles. The summed E-state index contributed by atoms with van der Waals surface area (Å²) in [6.07, 6.45) is 1.50. The van der Waals surface area contributed by atoms with Crippen molar-refractivity contribution in [1.29, 1.82) is 0 Å². The van der Waals surface area contributed by atoms with Crippen molar-refractivity contribution in [1.82, 2.24) is 14.5 Å². The molecule has 4 aromatic rings. The second-order valence-electron chi connectivity index (χ2n) is 8.67. The smallest absolute Gasteiger partial charge is 0.261 e. The van der Waals surface area contributed by atoms with Crippen LogP contribution in [0, 0.1) is 19.7 Å². The zero-order valence-corrected chi connectivity index (χ0v) is 21.9. The van der Waals surface area contributed by atoms with Gasteiger partial charge in [-0.05, 0) is 38.5 Å². The first-order valence-corrected chi connectivity index (χ1v) is 11.6. The Kier molecular flexibility index (Phi) is 7.16. The van der Waals surface area contributed by atoms with Crippen LogP contribution in [0.15, 0.2) is 47.9 Å². The number of hydrogen-bond acceptors (Lipinski definition) is 7. The molecule has 4 rings (SSSR count). The number of nitrogens with zero attached hydrogens (tertiary/aromatic N) is 3. The molecule has 0 radical (unpaired) electrons. The van der Waals surface area contributed by atoms with Gasteiger partial charge in [-0.2, -0.15) is 0 Å². The second-order valence-corrected chi connectivity index (χ2v) is 8.67. The number of pyridine rings is 3. The van der Waals surface area contributed by atoms with Gasteiger partial charge in [0.05, 0.1) is 19.7 Å². The van der Waals surface area contributed by atoms with E-state index < -0.39 is 17.2 Å². The summed E-state index contributed by atoms with van der Waals surface area (Å²) in [5.74, 6) is -0.612. The fourth-order valence-electron chi connectivity index (χ4n) is 4.17. The first-order chi connectivity index (χ1) is 18.1. The van der Waals surface area contributed by atoms with Gasteiger partial charge < -0.3 is 24.1 Å². The number of nitrogens with one attached hydrogen (secondary N) is 1. The Bertz CT molecular complexity index is 1660. The van der Waals surface area contributed by atoms with Gasteiger partial charge in [-0.25, -0.2) is 9.37 Å². The van der Waals surface area contributed by atoms with Gasteiger partial charge in [0, 0.05) is 54.1 Å². The zero-order valence-electron chi connectivity index (χ0n) is 21.9. The Morgan fingerprint density at radius 2 is 1.74 bits per heavy atom. The van der Waals surface area contributed by atoms with Gasteiger partial charge in [0.25, 0.3) is 11.8 Å². The lowest BCUT2D eigenvalue weighted by molar-refractivity contribution is 0.102. The minimum Gasteiger partial charge on any atom is -0.491 e. The van der Waals surface area contributed by atoms with Gasteiger partial charge in [-0.15, -0.1) is 0 Å². The van der Waals surface area contributed by atoms with E-state index in [-0.39, 0.29) is 28.6 Å². The summed E-state index contributed by atoms with van der Waals surface area (Å²) in [5, 5.41) is 2.61. The maximum Gasteiger partial charge on any atom is 0.261 e. The van der Waals surface area contributed by atoms with Crippen LogP contribution in [0.5, 0.6) is 23.1 Å². The van der Waals surface area contributed by atoms with Crippen LogP contribution in [0.25, 0.3) is 16.6 Å². The molecule has 1 N–H and O–H groups in total. The molecule has 0 fully saturated rings. The quantitative estimate of drug-likeness (QED) is 0.359. The molecule has 0 spiro atoms. The number of carbonyl (C=O) groups excluding carboxylic acids is 1. The molecule has 38 heavy (non-hydrogen) atoms. The van der Waals surface area contributed by atoms with Gasteiger partial charge in [-0.1, -0.05) is 6.58 Å². The van der Waals surface area contributed by atoms with E-state index in [1.54, 1.807) is 44.5 Å². The summed E-state index contributed by atoms with van der Waals surface area (Å²) < 4.78 is 33.1. The predicted molar refractivity (Wildman–Crippen MR) is 143 cm³/mol. The number of allylic oxidation sites excluding steroid dienone is 1. The molecule has 3 heterocycles. The standard InChI is InChI=1S/C28H27FN4O5/c1-14(2)23-15(3)33(5)16(4)24(26(23)34)27(35)31-17-8-9-20(18(29)12-17)38-21-10-11-30-19-13-22(36-6)28(37-7)32-25(19)21/h8-13H,1H2,2-7H3,(H,31,35). The molecular formula is C28H27FN4O5. The lowest BCUT2D eigenvalue weighted by Crippen LogP contribution is -2.29. The molecule has 196 valence electrons. The number of rotatable bonds is 7. The van der Waals surface area contributed by atoms with E-state index in [1.807, 2.05) is 0 Å². The monoisotopic (exact) mass is 518 g/mol. The van der Waals surface area contributed by atoms with Crippen molar-refractivity contribution >= 4 is 28.2 Å². The van der Waals surface area contributed by atoms with E-state index in [9.17, 15) is 9.59 Å². The minimum atomic E-state index is -0.732. The normalized spacial score (nSPS) is 10.8. The summed E-state index contributed by atoms with van der Waals surface area (Å²) >= 11 is 0. The van der Waals surface area contributed by atoms with Crippen LogP contribution < -0.4 is 25.0 Å². The van der Waals surface area contributed by atoms with E-state index in [2.05, 4.69) is 21.9 Å². The molecule has 1 amide bonds. The highest BCUT2D eigenvalue weighted by Gasteiger charge is 2.22. The third kappa shape index (κ3) is 4.68. The number of amides is 1. The van der Waals surface area contributed by atoms with Crippen LogP contribution >= 0.6 is 0 Å². The van der Waals surface area contributed by atoms with Gasteiger partial charge >= 0.3 is 0 Å². The molecule has 0 saturated carbocycles. The van der Waals surface area contributed by atoms with Crippen molar-refractivity contribution in [2.45, 2.75) is 20.8 Å². The molecule has 1 aromatic carbocycles. The zero-order chi connectivity index (χ0) is 27.7. The number of methoxy groups -OCH3 is 2. The first-order valence-electron chi connectivity index (χ1n) is 11.6. The summed E-state index contributed by atoms with van der Waals surface area (Å²) in [7, 11) is 4.70. The maximum atomic E-state index is 15.1. The highest BCUT2D eigenvalue weighted by atomic mass is 19.1. The minimum absolute atomic E-state index is 0.0319. The first kappa shape index (κ1) is 26.3. The fraction of sp³-hybridized carbons (Fsp3) is 0.214. The van der Waals surface area contributed by atoms with Crippen molar-refractivity contribution in [2.24, 2.45) is 7.05 Å². The van der Waals surface area contributed by atoms with Crippen LogP contribution in [0.1, 0.15) is 34.2 Å². The number of halogens is 1. The Morgan fingerprint density at radius 3 is 2.37 bits per heavy atom. The molecular weight excluding hydrogens is 491 g/mol. The van der Waals surface area contributed by atoms with Crippen LogP contribution in [-0.2, 0) is 7.05 Å². The van der Waals surface area contributed by atoms with Crippen molar-refractivity contribution in [3.8, 4) is 23.1 Å². The molecule has 0 unspecified atom stereocenters. The molecule has 0 aliphatic carbocycles. The van der Waals surface area contributed by atoms with Crippen molar-refractivity contribution in [2.75, 3.05) is 19.5 Å². The largest absolute Gasteiger partial charge is 0.491 e. The number of fused-ring (bicyclic) bond motifs is 1. The van der Waals surface area contributed by atoms with E-state index in [0.29, 0.717) is 39.3 Å². The average Bonchev–Trinajstić information content (AvgIpc) is 2.88. The second kappa shape index (κ2) is 10.3. The molecule has 0 bridgehead atoms. The Hall–Kier alpha value is -4.73. The highest BCUT2D eigenvalue weighted by Crippen LogP contribution is 2.35. The lowest BCUT2D eigenvalue weighted by Gasteiger charge is -2.17. The third-order valence-electron chi connectivity index (χ3n) is 6.27. The van der Waals surface area contributed by atoms with Gasteiger partial charge in [0.15, 0.2) is 23.1 Å². The summed E-state index contributed by atoms with van der Waals surface area (Å²) in [4.78, 5) is 34.8. The van der Waals surface area contributed by atoms with Crippen LogP contribution in [-0.4, -0.2) is 34.7 Å². The summed E-state index contributed by atoms with van der Waals surface area (Å²) in [6, 6.07) is 7.15. The molecule has 0 aliphatic rings. The number of anilines is 1. The van der Waals surface area contributed by atoms with Crippen molar-refractivity contribution in [3.63, 3.8) is 0 Å². The number of ether oxygens (including phenoxy) is 3. The third-order valence-corrected chi connectivity index (χ3v) is 6.27. The molecule has 9 nitrogen and oxygen atoms in total. The SMILES string of the molecule is C=C(C)c1c(C)n(C)c(C)c(C(=O)Nc2ccc(Oc3ccnc4cc(OC)c(OC)nc34)c(F)c2)c1=O. The Labute approximate surface area is 218 Å². The predicted octanol–water partition coefficient (Wildman–Crippen LogP) is 5.18. The summed E-state index contributed by atoms with van der Waals surface area (Å²) in [6.45, 7) is 9.05. The maximum absolute atomic E-state index is 15.1. The summed E-state index contributed by atoms with van der Waals surface area (Å²) in [5.41, 5.74) is 2.64. The highest BCUT2D eigenvalue weighted by molar-refractivity contribution is 6.05. The van der Waals surface area contributed by atoms with Crippen molar-refractivity contribution in [3.05, 3.63) is 81.7 Å².